The Hall–Kier alpha value is -2.40. The van der Waals surface area contributed by atoms with Gasteiger partial charge in [0, 0.05) is 0 Å². The van der Waals surface area contributed by atoms with Gasteiger partial charge in [0.15, 0.2) is 6.61 Å². The maximum absolute atomic E-state index is 12.9. The number of carbonyl (C=O) groups excluding carboxylic acids is 1. The number of hydrogen-bond donors (Lipinski definition) is 2. The topological polar surface area (TPSA) is 58.6 Å². The second-order valence-electron chi connectivity index (χ2n) is 4.93. The van der Waals surface area contributed by atoms with Gasteiger partial charge in [-0.25, -0.2) is 4.39 Å². The maximum atomic E-state index is 12.9. The monoisotopic (exact) mass is 303 g/mol. The van der Waals surface area contributed by atoms with Crippen LogP contribution in [0.15, 0.2) is 48.5 Å². The zero-order valence-corrected chi connectivity index (χ0v) is 12.3. The number of aliphatic hydroxyl groups is 1. The molecule has 0 aliphatic rings. The Morgan fingerprint density at radius 1 is 1.18 bits per heavy atom. The van der Waals surface area contributed by atoms with Gasteiger partial charge in [-0.15, -0.1) is 0 Å². The van der Waals surface area contributed by atoms with Gasteiger partial charge in [-0.3, -0.25) is 4.79 Å². The SMILES string of the molecule is CC(NC(=O)COc1ccc(CO)cc1)c1ccc(F)cc1. The van der Waals surface area contributed by atoms with Crippen LogP contribution in [0.25, 0.3) is 0 Å². The van der Waals surface area contributed by atoms with Gasteiger partial charge in [0.2, 0.25) is 0 Å². The average Bonchev–Trinajstić information content (AvgIpc) is 2.54. The second-order valence-corrected chi connectivity index (χ2v) is 4.93. The number of benzene rings is 2. The maximum Gasteiger partial charge on any atom is 0.258 e. The average molecular weight is 303 g/mol. The molecule has 1 atom stereocenters. The zero-order valence-electron chi connectivity index (χ0n) is 12.3. The molecule has 2 aromatic carbocycles. The lowest BCUT2D eigenvalue weighted by Gasteiger charge is -2.14. The normalized spacial score (nSPS) is 11.8. The number of rotatable bonds is 6. The van der Waals surface area contributed by atoms with E-state index in [9.17, 15) is 9.18 Å². The van der Waals surface area contributed by atoms with Crippen LogP contribution in [-0.4, -0.2) is 17.6 Å². The molecule has 0 spiro atoms. The number of halogens is 1. The minimum absolute atomic E-state index is 0.0318. The Morgan fingerprint density at radius 2 is 1.82 bits per heavy atom. The Balaban J connectivity index is 1.83. The third-order valence-electron chi connectivity index (χ3n) is 3.22. The predicted octanol–water partition coefficient (Wildman–Crippen LogP) is 2.57. The summed E-state index contributed by atoms with van der Waals surface area (Å²) in [6.45, 7) is 1.68. The molecule has 0 saturated heterocycles. The smallest absolute Gasteiger partial charge is 0.258 e. The first-order valence-electron chi connectivity index (χ1n) is 6.96. The first-order chi connectivity index (χ1) is 10.6. The highest BCUT2D eigenvalue weighted by molar-refractivity contribution is 5.78. The van der Waals surface area contributed by atoms with Crippen LogP contribution in [0.2, 0.25) is 0 Å². The summed E-state index contributed by atoms with van der Waals surface area (Å²) in [5.74, 6) is -0.0122. The van der Waals surface area contributed by atoms with Gasteiger partial charge in [-0.2, -0.15) is 0 Å². The third kappa shape index (κ3) is 4.56. The summed E-state index contributed by atoms with van der Waals surface area (Å²) in [5.41, 5.74) is 1.60. The molecule has 0 aromatic heterocycles. The van der Waals surface area contributed by atoms with E-state index in [1.54, 1.807) is 36.4 Å². The van der Waals surface area contributed by atoms with Crippen LogP contribution in [0.3, 0.4) is 0 Å². The number of carbonyl (C=O) groups is 1. The molecule has 2 rings (SSSR count). The van der Waals surface area contributed by atoms with Crippen molar-refractivity contribution in [2.75, 3.05) is 6.61 Å². The number of hydrogen-bond acceptors (Lipinski definition) is 3. The Kier molecular flexibility index (Phi) is 5.49. The van der Waals surface area contributed by atoms with Crippen LogP contribution in [0.5, 0.6) is 5.75 Å². The van der Waals surface area contributed by atoms with Gasteiger partial charge < -0.3 is 15.2 Å². The fourth-order valence-electron chi connectivity index (χ4n) is 1.96. The Bertz CT molecular complexity index is 611. The van der Waals surface area contributed by atoms with E-state index in [1.165, 1.54) is 12.1 Å². The molecule has 2 aromatic rings. The minimum Gasteiger partial charge on any atom is -0.484 e. The van der Waals surface area contributed by atoms with Crippen molar-refractivity contribution < 1.29 is 19.0 Å². The molecule has 1 amide bonds. The largest absolute Gasteiger partial charge is 0.484 e. The summed E-state index contributed by atoms with van der Waals surface area (Å²) in [7, 11) is 0. The van der Waals surface area contributed by atoms with Crippen LogP contribution in [0.4, 0.5) is 4.39 Å². The summed E-state index contributed by atoms with van der Waals surface area (Å²) >= 11 is 0. The fourth-order valence-corrected chi connectivity index (χ4v) is 1.96. The van der Waals surface area contributed by atoms with Gasteiger partial charge in [-0.05, 0) is 42.3 Å². The highest BCUT2D eigenvalue weighted by atomic mass is 19.1. The van der Waals surface area contributed by atoms with Crippen molar-refractivity contribution in [1.29, 1.82) is 0 Å². The van der Waals surface area contributed by atoms with E-state index >= 15 is 0 Å². The molecule has 22 heavy (non-hydrogen) atoms. The van der Waals surface area contributed by atoms with E-state index in [4.69, 9.17) is 9.84 Å². The lowest BCUT2D eigenvalue weighted by Crippen LogP contribution is -2.31. The van der Waals surface area contributed by atoms with E-state index in [-0.39, 0.29) is 31.0 Å². The number of amides is 1. The molecular weight excluding hydrogens is 285 g/mol. The van der Waals surface area contributed by atoms with Crippen LogP contribution < -0.4 is 10.1 Å². The van der Waals surface area contributed by atoms with Crippen LogP contribution in [0, 0.1) is 5.82 Å². The summed E-state index contributed by atoms with van der Waals surface area (Å²) in [6, 6.07) is 12.6. The highest BCUT2D eigenvalue weighted by Crippen LogP contribution is 2.14. The molecule has 0 saturated carbocycles. The molecule has 0 aliphatic heterocycles. The first kappa shape index (κ1) is 16.0. The minimum atomic E-state index is -0.308. The standard InChI is InChI=1S/C17H18FNO3/c1-12(14-4-6-15(18)7-5-14)19-17(21)11-22-16-8-2-13(10-20)3-9-16/h2-9,12,20H,10-11H2,1H3,(H,19,21). The van der Waals surface area contributed by atoms with Gasteiger partial charge in [0.25, 0.3) is 5.91 Å². The molecule has 5 heteroatoms. The molecule has 2 N–H and O–H groups in total. The van der Waals surface area contributed by atoms with Gasteiger partial charge in [-0.1, -0.05) is 24.3 Å². The lowest BCUT2D eigenvalue weighted by molar-refractivity contribution is -0.123. The van der Waals surface area contributed by atoms with E-state index in [0.717, 1.165) is 11.1 Å². The quantitative estimate of drug-likeness (QED) is 0.862. The van der Waals surface area contributed by atoms with Crippen molar-refractivity contribution in [2.24, 2.45) is 0 Å². The van der Waals surface area contributed by atoms with E-state index in [1.807, 2.05) is 6.92 Å². The fraction of sp³-hybridized carbons (Fsp3) is 0.235. The van der Waals surface area contributed by atoms with Crippen molar-refractivity contribution in [3.63, 3.8) is 0 Å². The number of aliphatic hydroxyl groups excluding tert-OH is 1. The molecule has 0 aliphatic carbocycles. The number of nitrogens with one attached hydrogen (secondary N) is 1. The predicted molar refractivity (Wildman–Crippen MR) is 80.8 cm³/mol. The van der Waals surface area contributed by atoms with Gasteiger partial charge >= 0.3 is 0 Å². The van der Waals surface area contributed by atoms with E-state index < -0.39 is 0 Å². The molecule has 116 valence electrons. The van der Waals surface area contributed by atoms with Crippen molar-refractivity contribution in [3.05, 3.63) is 65.5 Å². The Labute approximate surface area is 128 Å². The second kappa shape index (κ2) is 7.56. The van der Waals surface area contributed by atoms with Crippen molar-refractivity contribution >= 4 is 5.91 Å². The summed E-state index contributed by atoms with van der Waals surface area (Å²) in [5, 5.41) is 11.7. The first-order valence-corrected chi connectivity index (χ1v) is 6.96. The molecule has 0 radical (unpaired) electrons. The van der Waals surface area contributed by atoms with Crippen molar-refractivity contribution in [3.8, 4) is 5.75 Å². The number of ether oxygens (including phenoxy) is 1. The molecule has 0 fully saturated rings. The lowest BCUT2D eigenvalue weighted by atomic mass is 10.1. The summed E-state index contributed by atoms with van der Waals surface area (Å²) < 4.78 is 18.2. The molecular formula is C17H18FNO3. The summed E-state index contributed by atoms with van der Waals surface area (Å²) in [6.07, 6.45) is 0. The zero-order chi connectivity index (χ0) is 15.9. The van der Waals surface area contributed by atoms with Crippen LogP contribution >= 0.6 is 0 Å². The third-order valence-corrected chi connectivity index (χ3v) is 3.22. The molecule has 0 bridgehead atoms. The Morgan fingerprint density at radius 3 is 2.41 bits per heavy atom. The summed E-state index contributed by atoms with van der Waals surface area (Å²) in [4.78, 5) is 11.8. The van der Waals surface area contributed by atoms with E-state index in [2.05, 4.69) is 5.32 Å². The van der Waals surface area contributed by atoms with E-state index in [0.29, 0.717) is 5.75 Å². The van der Waals surface area contributed by atoms with Crippen molar-refractivity contribution in [1.82, 2.24) is 5.32 Å². The van der Waals surface area contributed by atoms with Gasteiger partial charge in [0.05, 0.1) is 12.6 Å². The van der Waals surface area contributed by atoms with Gasteiger partial charge in [0.1, 0.15) is 11.6 Å². The molecule has 1 unspecified atom stereocenters. The highest BCUT2D eigenvalue weighted by Gasteiger charge is 2.10. The molecule has 4 nitrogen and oxygen atoms in total. The van der Waals surface area contributed by atoms with Crippen LogP contribution in [-0.2, 0) is 11.4 Å². The molecule has 0 heterocycles. The van der Waals surface area contributed by atoms with Crippen LogP contribution in [0.1, 0.15) is 24.1 Å². The van der Waals surface area contributed by atoms with Crippen molar-refractivity contribution in [2.45, 2.75) is 19.6 Å².